The van der Waals surface area contributed by atoms with Crippen molar-refractivity contribution in [2.24, 2.45) is 0 Å². The summed E-state index contributed by atoms with van der Waals surface area (Å²) in [5.74, 6) is -0.602. The summed E-state index contributed by atoms with van der Waals surface area (Å²) in [7, 11) is -3.69. The second kappa shape index (κ2) is 6.44. The van der Waals surface area contributed by atoms with E-state index in [4.69, 9.17) is 0 Å². The van der Waals surface area contributed by atoms with Crippen LogP contribution in [0.2, 0.25) is 0 Å². The maximum Gasteiger partial charge on any atom is 0.274 e. The predicted molar refractivity (Wildman–Crippen MR) is 95.5 cm³/mol. The van der Waals surface area contributed by atoms with Crippen molar-refractivity contribution < 1.29 is 12.8 Å². The number of hydrogen-bond acceptors (Lipinski definition) is 5. The van der Waals surface area contributed by atoms with E-state index in [1.54, 1.807) is 18.2 Å². The first-order valence-corrected chi connectivity index (χ1v) is 9.43. The van der Waals surface area contributed by atoms with Crippen molar-refractivity contribution in [3.05, 3.63) is 82.8 Å². The molecule has 136 valence electrons. The lowest BCUT2D eigenvalue weighted by molar-refractivity contribution is 0.579. The van der Waals surface area contributed by atoms with Crippen LogP contribution in [-0.4, -0.2) is 28.4 Å². The summed E-state index contributed by atoms with van der Waals surface area (Å²) in [5.41, 5.74) is -0.0932. The van der Waals surface area contributed by atoms with Gasteiger partial charge in [-0.2, -0.15) is 14.6 Å². The molecule has 27 heavy (non-hydrogen) atoms. The topological polar surface area (TPSA) is 97.7 Å². The van der Waals surface area contributed by atoms with Crippen molar-refractivity contribution in [1.29, 1.82) is 0 Å². The smallest absolute Gasteiger partial charge is 0.267 e. The molecule has 0 saturated carbocycles. The molecule has 9 heteroatoms. The maximum absolute atomic E-state index is 13.0. The van der Waals surface area contributed by atoms with Gasteiger partial charge in [0.25, 0.3) is 5.56 Å². The maximum atomic E-state index is 13.0. The Bertz CT molecular complexity index is 1300. The molecule has 2 aromatic carbocycles. The van der Waals surface area contributed by atoms with Gasteiger partial charge < -0.3 is 0 Å². The average molecular weight is 384 g/mol. The fraction of sp³-hybridized carbons (Fsp3) is 0.0556. The molecular formula is C18H13FN4O3S. The summed E-state index contributed by atoms with van der Waals surface area (Å²) in [5, 5.41) is 10.6. The second-order valence-corrected chi connectivity index (χ2v) is 7.83. The first-order valence-electron chi connectivity index (χ1n) is 7.95. The molecule has 0 saturated heterocycles. The Balaban J connectivity index is 1.76. The van der Waals surface area contributed by atoms with E-state index < -0.39 is 21.3 Å². The molecular weight excluding hydrogens is 371 g/mol. The fourth-order valence-corrected chi connectivity index (χ4v) is 4.07. The van der Waals surface area contributed by atoms with Gasteiger partial charge in [-0.05, 0) is 30.3 Å². The molecule has 4 aromatic rings. The van der Waals surface area contributed by atoms with Crippen LogP contribution in [0.4, 0.5) is 4.39 Å². The highest BCUT2D eigenvalue weighted by atomic mass is 32.2. The minimum Gasteiger partial charge on any atom is -0.267 e. The van der Waals surface area contributed by atoms with Crippen LogP contribution in [0.5, 0.6) is 0 Å². The van der Waals surface area contributed by atoms with Gasteiger partial charge in [0, 0.05) is 11.5 Å². The van der Waals surface area contributed by atoms with Crippen molar-refractivity contribution in [1.82, 2.24) is 20.0 Å². The van der Waals surface area contributed by atoms with Gasteiger partial charge in [0.2, 0.25) is 15.8 Å². The van der Waals surface area contributed by atoms with E-state index in [9.17, 15) is 17.6 Å². The van der Waals surface area contributed by atoms with Crippen LogP contribution >= 0.6 is 0 Å². The molecule has 0 atom stereocenters. The lowest BCUT2D eigenvalue weighted by atomic mass is 10.2. The molecule has 2 heterocycles. The van der Waals surface area contributed by atoms with Crippen LogP contribution in [0.15, 0.2) is 75.4 Å². The molecule has 0 spiro atoms. The van der Waals surface area contributed by atoms with E-state index in [0.29, 0.717) is 16.5 Å². The van der Waals surface area contributed by atoms with Crippen LogP contribution in [0.25, 0.3) is 10.8 Å². The summed E-state index contributed by atoms with van der Waals surface area (Å²) in [6.07, 6.45) is 1.41. The zero-order valence-corrected chi connectivity index (χ0v) is 14.6. The highest BCUT2D eigenvalue weighted by Crippen LogP contribution is 2.23. The zero-order chi connectivity index (χ0) is 19.0. The van der Waals surface area contributed by atoms with E-state index in [2.05, 4.69) is 15.3 Å². The van der Waals surface area contributed by atoms with Gasteiger partial charge >= 0.3 is 0 Å². The Hall–Kier alpha value is -3.33. The Labute approximate surface area is 153 Å². The molecule has 0 unspecified atom stereocenters. The van der Waals surface area contributed by atoms with Crippen LogP contribution in [0.1, 0.15) is 5.69 Å². The molecule has 0 aliphatic rings. The first kappa shape index (κ1) is 17.1. The zero-order valence-electron chi connectivity index (χ0n) is 13.8. The number of rotatable bonds is 4. The van der Waals surface area contributed by atoms with Gasteiger partial charge in [0.15, 0.2) is 0 Å². The molecule has 0 aliphatic heterocycles. The molecule has 4 rings (SSSR count). The summed E-state index contributed by atoms with van der Waals surface area (Å²) < 4.78 is 39.6. The monoisotopic (exact) mass is 384 g/mol. The third kappa shape index (κ3) is 3.13. The number of benzene rings is 2. The van der Waals surface area contributed by atoms with Gasteiger partial charge in [0.05, 0.1) is 33.6 Å². The molecule has 2 aromatic heterocycles. The molecule has 0 bridgehead atoms. The molecule has 0 aliphatic carbocycles. The molecule has 7 nitrogen and oxygen atoms in total. The average Bonchev–Trinajstić information content (AvgIpc) is 3.09. The van der Waals surface area contributed by atoms with Gasteiger partial charge in [-0.15, -0.1) is 0 Å². The second-order valence-electron chi connectivity index (χ2n) is 5.88. The number of hydrogen-bond donors (Lipinski definition) is 1. The number of aromatic amines is 1. The van der Waals surface area contributed by atoms with Crippen molar-refractivity contribution in [2.45, 2.75) is 16.3 Å². The van der Waals surface area contributed by atoms with E-state index in [-0.39, 0.29) is 16.3 Å². The molecule has 0 fully saturated rings. The number of sulfone groups is 1. The van der Waals surface area contributed by atoms with Gasteiger partial charge in [-0.3, -0.25) is 9.89 Å². The van der Waals surface area contributed by atoms with Crippen molar-refractivity contribution in [3.63, 3.8) is 0 Å². The van der Waals surface area contributed by atoms with E-state index >= 15 is 0 Å². The minimum atomic E-state index is -3.69. The third-order valence-corrected chi connectivity index (χ3v) is 5.87. The number of aromatic nitrogens is 4. The fourth-order valence-electron chi connectivity index (χ4n) is 2.75. The highest BCUT2D eigenvalue weighted by Gasteiger charge is 2.18. The van der Waals surface area contributed by atoms with Crippen molar-refractivity contribution >= 4 is 20.6 Å². The van der Waals surface area contributed by atoms with Crippen LogP contribution < -0.4 is 5.56 Å². The molecule has 1 N–H and O–H groups in total. The lowest BCUT2D eigenvalue weighted by Crippen LogP contribution is -2.23. The van der Waals surface area contributed by atoms with Gasteiger partial charge in [-0.25, -0.2) is 13.1 Å². The lowest BCUT2D eigenvalue weighted by Gasteiger charge is -2.07. The van der Waals surface area contributed by atoms with Crippen LogP contribution in [0.3, 0.4) is 0 Å². The SMILES string of the molecule is O=c1c2ccc(S(=O)(=O)c3ccccc3)cc2cnn1Cc1cc(F)[nH]n1. The minimum absolute atomic E-state index is 0.000735. The summed E-state index contributed by atoms with van der Waals surface area (Å²) in [4.78, 5) is 12.8. The van der Waals surface area contributed by atoms with Gasteiger partial charge in [0.1, 0.15) is 0 Å². The van der Waals surface area contributed by atoms with Gasteiger partial charge in [-0.1, -0.05) is 18.2 Å². The quantitative estimate of drug-likeness (QED) is 0.581. The van der Waals surface area contributed by atoms with E-state index in [1.807, 2.05) is 0 Å². The Kier molecular flexibility index (Phi) is 4.08. The number of nitrogens with zero attached hydrogens (tertiary/aromatic N) is 3. The van der Waals surface area contributed by atoms with Crippen LogP contribution in [0, 0.1) is 5.95 Å². The summed E-state index contributed by atoms with van der Waals surface area (Å²) in [6.45, 7) is -0.000735. The number of fused-ring (bicyclic) bond motifs is 1. The van der Waals surface area contributed by atoms with Crippen molar-refractivity contribution in [3.8, 4) is 0 Å². The largest absolute Gasteiger partial charge is 0.274 e. The number of halogens is 1. The first-order chi connectivity index (χ1) is 12.9. The number of H-pyrrole nitrogens is 1. The Morgan fingerprint density at radius 2 is 1.81 bits per heavy atom. The third-order valence-electron chi connectivity index (χ3n) is 4.10. The van der Waals surface area contributed by atoms with Crippen LogP contribution in [-0.2, 0) is 16.4 Å². The van der Waals surface area contributed by atoms with E-state index in [1.165, 1.54) is 42.6 Å². The van der Waals surface area contributed by atoms with Crippen molar-refractivity contribution in [2.75, 3.05) is 0 Å². The van der Waals surface area contributed by atoms with E-state index in [0.717, 1.165) is 4.68 Å². The Morgan fingerprint density at radius 3 is 2.52 bits per heavy atom. The number of nitrogens with one attached hydrogen (secondary N) is 1. The standard InChI is InChI=1S/C18H13FN4O3S/c19-17-9-13(21-22-17)11-23-18(24)16-7-6-15(8-12(16)10-20-23)27(25,26)14-4-2-1-3-5-14/h1-10H,11H2,(H,21,22). The Morgan fingerprint density at radius 1 is 1.04 bits per heavy atom. The molecule has 0 amide bonds. The normalized spacial score (nSPS) is 11.7. The molecule has 0 radical (unpaired) electrons. The predicted octanol–water partition coefficient (Wildman–Crippen LogP) is 2.14. The summed E-state index contributed by atoms with van der Waals surface area (Å²) in [6, 6.07) is 13.5. The summed E-state index contributed by atoms with van der Waals surface area (Å²) >= 11 is 0. The highest BCUT2D eigenvalue weighted by molar-refractivity contribution is 7.91.